The molecule has 0 N–H and O–H groups in total. The third kappa shape index (κ3) is 2.87. The lowest BCUT2D eigenvalue weighted by Crippen LogP contribution is -2.62. The van der Waals surface area contributed by atoms with Crippen molar-refractivity contribution in [2.45, 2.75) is 64.8 Å². The van der Waals surface area contributed by atoms with Crippen LogP contribution in [0.2, 0.25) is 0 Å². The normalized spacial score (nSPS) is 38.5. The van der Waals surface area contributed by atoms with Crippen LogP contribution in [0.3, 0.4) is 0 Å². The van der Waals surface area contributed by atoms with Crippen molar-refractivity contribution in [3.8, 4) is 11.5 Å². The van der Waals surface area contributed by atoms with Crippen LogP contribution >= 0.6 is 0 Å². The van der Waals surface area contributed by atoms with Gasteiger partial charge in [0.2, 0.25) is 0 Å². The molecule has 4 aliphatic rings. The number of benzene rings is 1. The summed E-state index contributed by atoms with van der Waals surface area (Å²) in [5, 5.41) is 13.4. The summed E-state index contributed by atoms with van der Waals surface area (Å²) in [5.41, 5.74) is 1.33. The van der Waals surface area contributed by atoms with E-state index in [1.807, 2.05) is 25.1 Å². The quantitative estimate of drug-likeness (QED) is 0.330. The van der Waals surface area contributed by atoms with E-state index in [0.717, 1.165) is 24.8 Å². The SMILES string of the molecule is CCOc1cc(C=[N+]([O-])C23CC4CC(C)(CC(C)(C4)C2)C3)ccc1OC. The fraction of sp³-hybridized carbons (Fsp3) is 0.682. The molecule has 26 heavy (non-hydrogen) atoms. The minimum atomic E-state index is -0.228. The van der Waals surface area contributed by atoms with Crippen LogP contribution < -0.4 is 9.47 Å². The molecule has 2 atom stereocenters. The van der Waals surface area contributed by atoms with Gasteiger partial charge in [0.05, 0.1) is 13.7 Å². The van der Waals surface area contributed by atoms with Crippen molar-refractivity contribution in [1.82, 2.24) is 0 Å². The van der Waals surface area contributed by atoms with Gasteiger partial charge in [-0.1, -0.05) is 13.8 Å². The van der Waals surface area contributed by atoms with Gasteiger partial charge < -0.3 is 14.7 Å². The first kappa shape index (κ1) is 17.7. The van der Waals surface area contributed by atoms with E-state index in [4.69, 9.17) is 9.47 Å². The summed E-state index contributed by atoms with van der Waals surface area (Å²) in [6.07, 6.45) is 8.77. The van der Waals surface area contributed by atoms with Gasteiger partial charge in [0.1, 0.15) is 0 Å². The molecule has 4 nitrogen and oxygen atoms in total. The molecule has 4 aliphatic carbocycles. The fourth-order valence-corrected chi connectivity index (χ4v) is 6.95. The highest BCUT2D eigenvalue weighted by Crippen LogP contribution is 2.67. The molecular weight excluding hydrogens is 326 g/mol. The average Bonchev–Trinajstić information content (AvgIpc) is 2.52. The summed E-state index contributed by atoms with van der Waals surface area (Å²) in [6, 6.07) is 5.74. The Morgan fingerprint density at radius 2 is 1.81 bits per heavy atom. The zero-order valence-corrected chi connectivity index (χ0v) is 16.5. The molecule has 0 aliphatic heterocycles. The van der Waals surface area contributed by atoms with E-state index < -0.39 is 0 Å². The highest BCUT2D eigenvalue weighted by Gasteiger charge is 2.64. The van der Waals surface area contributed by atoms with Gasteiger partial charge in [0, 0.05) is 24.8 Å². The van der Waals surface area contributed by atoms with Crippen molar-refractivity contribution in [1.29, 1.82) is 0 Å². The summed E-state index contributed by atoms with van der Waals surface area (Å²) in [7, 11) is 1.64. The molecule has 4 fully saturated rings. The maximum Gasteiger partial charge on any atom is 0.182 e. The fourth-order valence-electron chi connectivity index (χ4n) is 6.95. The van der Waals surface area contributed by atoms with E-state index in [2.05, 4.69) is 13.8 Å². The van der Waals surface area contributed by atoms with E-state index in [-0.39, 0.29) is 5.54 Å². The molecular formula is C22H31NO3. The Morgan fingerprint density at radius 3 is 2.38 bits per heavy atom. The highest BCUT2D eigenvalue weighted by molar-refractivity contribution is 5.77. The Bertz CT molecular complexity index is 723. The Morgan fingerprint density at radius 1 is 1.12 bits per heavy atom. The lowest BCUT2D eigenvalue weighted by atomic mass is 9.43. The first-order valence-corrected chi connectivity index (χ1v) is 9.91. The summed E-state index contributed by atoms with van der Waals surface area (Å²) in [5.74, 6) is 2.11. The van der Waals surface area contributed by atoms with Crippen molar-refractivity contribution in [3.05, 3.63) is 29.0 Å². The van der Waals surface area contributed by atoms with Crippen LogP contribution in [0.4, 0.5) is 0 Å². The van der Waals surface area contributed by atoms with E-state index >= 15 is 0 Å². The third-order valence-electron chi connectivity index (χ3n) is 6.82. The number of ether oxygens (including phenoxy) is 2. The minimum Gasteiger partial charge on any atom is -0.623 e. The highest BCUT2D eigenvalue weighted by atomic mass is 16.5. The summed E-state index contributed by atoms with van der Waals surface area (Å²) in [6.45, 7) is 7.33. The molecule has 0 radical (unpaired) electrons. The third-order valence-corrected chi connectivity index (χ3v) is 6.82. The number of hydroxylamine groups is 1. The van der Waals surface area contributed by atoms with Gasteiger partial charge in [-0.25, -0.2) is 4.74 Å². The molecule has 142 valence electrons. The second-order valence-corrected chi connectivity index (χ2v) is 9.65. The van der Waals surface area contributed by atoms with Crippen LogP contribution in [0.25, 0.3) is 0 Å². The summed E-state index contributed by atoms with van der Waals surface area (Å²) in [4.78, 5) is 0. The van der Waals surface area contributed by atoms with Crippen LogP contribution in [0, 0.1) is 22.0 Å². The first-order chi connectivity index (χ1) is 12.3. The zero-order valence-electron chi connectivity index (χ0n) is 16.5. The minimum absolute atomic E-state index is 0.228. The van der Waals surface area contributed by atoms with Gasteiger partial charge >= 0.3 is 0 Å². The number of hydrogen-bond acceptors (Lipinski definition) is 3. The molecule has 0 aromatic heterocycles. The van der Waals surface area contributed by atoms with Crippen LogP contribution in [-0.4, -0.2) is 30.2 Å². The summed E-state index contributed by atoms with van der Waals surface area (Å²) >= 11 is 0. The Labute approximate surface area is 156 Å². The second-order valence-electron chi connectivity index (χ2n) is 9.65. The maximum atomic E-state index is 13.4. The number of methoxy groups -OCH3 is 1. The molecule has 2 unspecified atom stereocenters. The van der Waals surface area contributed by atoms with Gasteiger partial charge in [0.25, 0.3) is 0 Å². The predicted molar refractivity (Wildman–Crippen MR) is 103 cm³/mol. The molecule has 5 rings (SSSR count). The zero-order chi connectivity index (χ0) is 18.6. The van der Waals surface area contributed by atoms with Crippen LogP contribution in [-0.2, 0) is 0 Å². The Hall–Kier alpha value is -1.71. The molecule has 4 heteroatoms. The van der Waals surface area contributed by atoms with Crippen molar-refractivity contribution < 1.29 is 14.2 Å². The van der Waals surface area contributed by atoms with Crippen molar-refractivity contribution in [3.63, 3.8) is 0 Å². The van der Waals surface area contributed by atoms with Gasteiger partial charge in [-0.15, -0.1) is 0 Å². The molecule has 4 saturated carbocycles. The van der Waals surface area contributed by atoms with Gasteiger partial charge in [-0.2, -0.15) is 0 Å². The summed E-state index contributed by atoms with van der Waals surface area (Å²) < 4.78 is 12.3. The van der Waals surface area contributed by atoms with Crippen molar-refractivity contribution in [2.24, 2.45) is 16.7 Å². The number of hydrogen-bond donors (Lipinski definition) is 0. The Kier molecular flexibility index (Phi) is 4.01. The van der Waals surface area contributed by atoms with Crippen LogP contribution in [0.1, 0.15) is 64.9 Å². The standard InChI is InChI=1S/C22H31NO3/c1-5-26-19-8-16(6-7-18(19)25-4)12-23(24)22-11-17-9-20(2,14-22)13-21(3,10-17)15-22/h6-8,12,17H,5,9-11,13-15H2,1-4H3. The van der Waals surface area contributed by atoms with Crippen LogP contribution in [0.5, 0.6) is 11.5 Å². The average molecular weight is 357 g/mol. The number of nitrogens with zero attached hydrogens (tertiary/aromatic N) is 1. The molecule has 1 aromatic carbocycles. The van der Waals surface area contributed by atoms with Gasteiger partial charge in [-0.05, 0) is 61.1 Å². The second kappa shape index (κ2) is 5.90. The van der Waals surface area contributed by atoms with Crippen molar-refractivity contribution >= 4 is 6.21 Å². The predicted octanol–water partition coefficient (Wildman–Crippen LogP) is 4.77. The van der Waals surface area contributed by atoms with Gasteiger partial charge in [0.15, 0.2) is 23.3 Å². The van der Waals surface area contributed by atoms with Crippen LogP contribution in [0.15, 0.2) is 18.2 Å². The lowest BCUT2D eigenvalue weighted by molar-refractivity contribution is -0.573. The maximum absolute atomic E-state index is 13.4. The molecule has 0 amide bonds. The monoisotopic (exact) mass is 357 g/mol. The molecule has 0 saturated heterocycles. The molecule has 4 bridgehead atoms. The number of rotatable bonds is 5. The van der Waals surface area contributed by atoms with Crippen molar-refractivity contribution in [2.75, 3.05) is 13.7 Å². The van der Waals surface area contributed by atoms with E-state index in [1.165, 1.54) is 24.0 Å². The largest absolute Gasteiger partial charge is 0.623 e. The van der Waals surface area contributed by atoms with Gasteiger partial charge in [-0.3, -0.25) is 0 Å². The molecule has 1 aromatic rings. The van der Waals surface area contributed by atoms with E-state index in [0.29, 0.717) is 34.9 Å². The van der Waals surface area contributed by atoms with E-state index in [1.54, 1.807) is 13.3 Å². The smallest absolute Gasteiger partial charge is 0.182 e. The molecule has 0 heterocycles. The molecule has 0 spiro atoms. The topological polar surface area (TPSA) is 44.5 Å². The van der Waals surface area contributed by atoms with E-state index in [9.17, 15) is 5.21 Å². The lowest BCUT2D eigenvalue weighted by Gasteiger charge is -2.63. The Balaban J connectivity index is 1.67. The first-order valence-electron chi connectivity index (χ1n) is 9.91.